The van der Waals surface area contributed by atoms with E-state index in [4.69, 9.17) is 4.74 Å². The van der Waals surface area contributed by atoms with Crippen LogP contribution in [-0.2, 0) is 9.59 Å². The fourth-order valence-electron chi connectivity index (χ4n) is 1.79. The summed E-state index contributed by atoms with van der Waals surface area (Å²) in [6, 6.07) is 9.02. The molecule has 1 fully saturated rings. The summed E-state index contributed by atoms with van der Waals surface area (Å²) in [5.74, 6) is 0.346. The molecule has 1 N–H and O–H groups in total. The van der Waals surface area contributed by atoms with E-state index < -0.39 is 0 Å². The van der Waals surface area contributed by atoms with Gasteiger partial charge in [-0.2, -0.15) is 0 Å². The smallest absolute Gasteiger partial charge is 0.246 e. The van der Waals surface area contributed by atoms with Crippen molar-refractivity contribution in [2.45, 2.75) is 13.0 Å². The summed E-state index contributed by atoms with van der Waals surface area (Å²) in [5.41, 5.74) is 0. The summed E-state index contributed by atoms with van der Waals surface area (Å²) in [5, 5.41) is 2.84. The van der Waals surface area contributed by atoms with Crippen LogP contribution in [0.15, 0.2) is 30.3 Å². The number of nitrogens with one attached hydrogen (secondary N) is 1. The van der Waals surface area contributed by atoms with Gasteiger partial charge < -0.3 is 4.74 Å². The van der Waals surface area contributed by atoms with Crippen molar-refractivity contribution < 1.29 is 14.3 Å². The van der Waals surface area contributed by atoms with E-state index >= 15 is 0 Å². The molecule has 1 unspecified atom stereocenters. The lowest BCUT2D eigenvalue weighted by Crippen LogP contribution is -2.57. The highest BCUT2D eigenvalue weighted by atomic mass is 16.5. The van der Waals surface area contributed by atoms with Crippen LogP contribution >= 0.6 is 0 Å². The number of carbonyl (C=O) groups excluding carboxylic acids is 2. The first-order valence-corrected chi connectivity index (χ1v) is 5.94. The first-order valence-electron chi connectivity index (χ1n) is 5.94. The highest BCUT2D eigenvalue weighted by Crippen LogP contribution is 2.09. The summed E-state index contributed by atoms with van der Waals surface area (Å²) in [6.07, 6.45) is 0. The Balaban J connectivity index is 1.85. The molecule has 2 rings (SSSR count). The van der Waals surface area contributed by atoms with Crippen molar-refractivity contribution in [3.05, 3.63) is 30.3 Å². The van der Waals surface area contributed by atoms with E-state index in [0.29, 0.717) is 13.2 Å². The lowest BCUT2D eigenvalue weighted by atomic mass is 10.2. The van der Waals surface area contributed by atoms with Crippen molar-refractivity contribution in [3.8, 4) is 5.75 Å². The number of carbonyl (C=O) groups is 2. The highest BCUT2D eigenvalue weighted by molar-refractivity contribution is 6.00. The van der Waals surface area contributed by atoms with Crippen LogP contribution in [0.25, 0.3) is 0 Å². The average Bonchev–Trinajstić information content (AvgIpc) is 2.39. The van der Waals surface area contributed by atoms with Crippen LogP contribution in [0.4, 0.5) is 0 Å². The van der Waals surface area contributed by atoms with Crippen molar-refractivity contribution in [2.24, 2.45) is 0 Å². The molecule has 5 nitrogen and oxygen atoms in total. The lowest BCUT2D eigenvalue weighted by molar-refractivity contribution is -0.149. The maximum Gasteiger partial charge on any atom is 0.246 e. The standard InChI is InChI=1S/C13H16N2O3/c1-10-13(17)15(12(16)9-14-10)7-8-18-11-5-3-2-4-6-11/h2-6,10,14H,7-9H2,1H3. The Morgan fingerprint density at radius 1 is 1.33 bits per heavy atom. The number of piperazine rings is 1. The minimum atomic E-state index is -0.306. The van der Waals surface area contributed by atoms with E-state index in [1.54, 1.807) is 6.92 Å². The summed E-state index contributed by atoms with van der Waals surface area (Å²) in [6.45, 7) is 2.56. The van der Waals surface area contributed by atoms with Crippen molar-refractivity contribution in [2.75, 3.05) is 19.7 Å². The largest absolute Gasteiger partial charge is 0.492 e. The quantitative estimate of drug-likeness (QED) is 0.784. The second-order valence-corrected chi connectivity index (χ2v) is 4.15. The third kappa shape index (κ3) is 2.87. The molecule has 1 atom stereocenters. The Labute approximate surface area is 106 Å². The van der Waals surface area contributed by atoms with Crippen LogP contribution in [0.1, 0.15) is 6.92 Å². The summed E-state index contributed by atoms with van der Waals surface area (Å²) in [4.78, 5) is 24.6. The molecular formula is C13H16N2O3. The van der Waals surface area contributed by atoms with Crippen LogP contribution < -0.4 is 10.1 Å². The number of rotatable bonds is 4. The van der Waals surface area contributed by atoms with E-state index in [-0.39, 0.29) is 24.4 Å². The molecule has 0 aliphatic carbocycles. The molecule has 0 aromatic heterocycles. The van der Waals surface area contributed by atoms with E-state index in [1.807, 2.05) is 30.3 Å². The zero-order valence-electron chi connectivity index (χ0n) is 10.3. The maximum atomic E-state index is 11.8. The molecule has 2 amide bonds. The van der Waals surface area contributed by atoms with Gasteiger partial charge >= 0.3 is 0 Å². The third-order valence-corrected chi connectivity index (χ3v) is 2.82. The van der Waals surface area contributed by atoms with Crippen LogP contribution in [-0.4, -0.2) is 42.5 Å². The Hall–Kier alpha value is -1.88. The molecule has 1 saturated heterocycles. The Morgan fingerprint density at radius 2 is 2.06 bits per heavy atom. The van der Waals surface area contributed by atoms with Gasteiger partial charge in [0.25, 0.3) is 0 Å². The van der Waals surface area contributed by atoms with Crippen LogP contribution in [0.3, 0.4) is 0 Å². The molecule has 1 aliphatic heterocycles. The van der Waals surface area contributed by atoms with Crippen LogP contribution in [0, 0.1) is 0 Å². The minimum absolute atomic E-state index is 0.192. The zero-order valence-corrected chi connectivity index (χ0v) is 10.3. The summed E-state index contributed by atoms with van der Waals surface area (Å²) >= 11 is 0. The van der Waals surface area contributed by atoms with E-state index in [9.17, 15) is 9.59 Å². The average molecular weight is 248 g/mol. The molecule has 0 spiro atoms. The number of hydrogen-bond donors (Lipinski definition) is 1. The second-order valence-electron chi connectivity index (χ2n) is 4.15. The number of para-hydroxylation sites is 1. The van der Waals surface area contributed by atoms with Crippen LogP contribution in [0.5, 0.6) is 5.75 Å². The van der Waals surface area contributed by atoms with E-state index in [2.05, 4.69) is 5.32 Å². The minimum Gasteiger partial charge on any atom is -0.492 e. The second kappa shape index (κ2) is 5.64. The molecule has 96 valence electrons. The molecule has 1 aliphatic rings. The molecule has 18 heavy (non-hydrogen) atoms. The predicted molar refractivity (Wildman–Crippen MR) is 66.1 cm³/mol. The molecular weight excluding hydrogens is 232 g/mol. The van der Waals surface area contributed by atoms with Crippen LogP contribution in [0.2, 0.25) is 0 Å². The van der Waals surface area contributed by atoms with Gasteiger partial charge in [0, 0.05) is 0 Å². The van der Waals surface area contributed by atoms with E-state index in [0.717, 1.165) is 5.75 Å². The number of imide groups is 1. The number of amides is 2. The van der Waals surface area contributed by atoms with Gasteiger partial charge in [0.15, 0.2) is 0 Å². The molecule has 0 saturated carbocycles. The molecule has 5 heteroatoms. The van der Waals surface area contributed by atoms with Crippen molar-refractivity contribution in [1.82, 2.24) is 10.2 Å². The third-order valence-electron chi connectivity index (χ3n) is 2.82. The number of nitrogens with zero attached hydrogens (tertiary/aromatic N) is 1. The fourth-order valence-corrected chi connectivity index (χ4v) is 1.79. The first kappa shape index (κ1) is 12.6. The Bertz CT molecular complexity index is 433. The fraction of sp³-hybridized carbons (Fsp3) is 0.385. The van der Waals surface area contributed by atoms with Gasteiger partial charge in [0.1, 0.15) is 12.4 Å². The highest BCUT2D eigenvalue weighted by Gasteiger charge is 2.30. The van der Waals surface area contributed by atoms with Gasteiger partial charge in [0.05, 0.1) is 19.1 Å². The van der Waals surface area contributed by atoms with Gasteiger partial charge in [-0.3, -0.25) is 19.8 Å². The first-order chi connectivity index (χ1) is 8.68. The molecule has 0 radical (unpaired) electrons. The predicted octanol–water partition coefficient (Wildman–Crippen LogP) is 0.412. The number of ether oxygens (including phenoxy) is 1. The van der Waals surface area contributed by atoms with Gasteiger partial charge in [-0.25, -0.2) is 0 Å². The van der Waals surface area contributed by atoms with Gasteiger partial charge in [-0.05, 0) is 19.1 Å². The summed E-state index contributed by atoms with van der Waals surface area (Å²) < 4.78 is 5.47. The lowest BCUT2D eigenvalue weighted by Gasteiger charge is -2.29. The van der Waals surface area contributed by atoms with E-state index in [1.165, 1.54) is 4.90 Å². The Morgan fingerprint density at radius 3 is 2.78 bits per heavy atom. The monoisotopic (exact) mass is 248 g/mol. The normalized spacial score (nSPS) is 20.1. The Kier molecular flexibility index (Phi) is 3.94. The molecule has 0 bridgehead atoms. The van der Waals surface area contributed by atoms with Crippen molar-refractivity contribution >= 4 is 11.8 Å². The SMILES string of the molecule is CC1NCC(=O)N(CCOc2ccccc2)C1=O. The molecule has 1 aromatic rings. The van der Waals surface area contributed by atoms with Crippen molar-refractivity contribution in [1.29, 1.82) is 0 Å². The zero-order chi connectivity index (χ0) is 13.0. The van der Waals surface area contributed by atoms with Crippen molar-refractivity contribution in [3.63, 3.8) is 0 Å². The summed E-state index contributed by atoms with van der Waals surface area (Å²) in [7, 11) is 0. The molecule has 1 aromatic carbocycles. The van der Waals surface area contributed by atoms with Gasteiger partial charge in [0.2, 0.25) is 11.8 Å². The molecule has 1 heterocycles. The number of benzene rings is 1. The topological polar surface area (TPSA) is 58.6 Å². The number of hydrogen-bond acceptors (Lipinski definition) is 4. The van der Waals surface area contributed by atoms with Gasteiger partial charge in [-0.1, -0.05) is 18.2 Å². The van der Waals surface area contributed by atoms with Gasteiger partial charge in [-0.15, -0.1) is 0 Å². The maximum absolute atomic E-state index is 11.8.